The summed E-state index contributed by atoms with van der Waals surface area (Å²) >= 11 is 8.22. The van der Waals surface area contributed by atoms with Gasteiger partial charge in [-0.3, -0.25) is 9.69 Å². The zero-order valence-electron chi connectivity index (χ0n) is 13.4. The second-order valence-electron chi connectivity index (χ2n) is 6.45. The SMILES string of the molecule is CC1CC(C(=O)O)CN(Cc2c(Cl)cccc2SC(C)C)C1. The van der Waals surface area contributed by atoms with E-state index >= 15 is 0 Å². The van der Waals surface area contributed by atoms with Gasteiger partial charge in [0.25, 0.3) is 0 Å². The maximum Gasteiger partial charge on any atom is 0.307 e. The highest BCUT2D eigenvalue weighted by Crippen LogP contribution is 2.33. The van der Waals surface area contributed by atoms with E-state index in [9.17, 15) is 9.90 Å². The molecule has 0 radical (unpaired) electrons. The molecule has 1 N–H and O–H groups in total. The van der Waals surface area contributed by atoms with Crippen LogP contribution in [-0.4, -0.2) is 34.3 Å². The Morgan fingerprint density at radius 2 is 2.18 bits per heavy atom. The molecule has 122 valence electrons. The number of carbonyl (C=O) groups is 1. The molecule has 3 nitrogen and oxygen atoms in total. The fourth-order valence-corrected chi connectivity index (χ4v) is 4.32. The summed E-state index contributed by atoms with van der Waals surface area (Å²) in [5.41, 5.74) is 1.13. The van der Waals surface area contributed by atoms with Gasteiger partial charge in [0.1, 0.15) is 0 Å². The largest absolute Gasteiger partial charge is 0.481 e. The number of likely N-dealkylation sites (tertiary alicyclic amines) is 1. The van der Waals surface area contributed by atoms with Crippen molar-refractivity contribution in [3.63, 3.8) is 0 Å². The van der Waals surface area contributed by atoms with Gasteiger partial charge in [-0.2, -0.15) is 0 Å². The van der Waals surface area contributed by atoms with Crippen LogP contribution in [0.3, 0.4) is 0 Å². The van der Waals surface area contributed by atoms with E-state index in [-0.39, 0.29) is 5.92 Å². The average Bonchev–Trinajstić information content (AvgIpc) is 2.41. The van der Waals surface area contributed by atoms with Crippen molar-refractivity contribution in [1.82, 2.24) is 4.90 Å². The number of hydrogen-bond acceptors (Lipinski definition) is 3. The normalized spacial score (nSPS) is 23.0. The number of halogens is 1. The van der Waals surface area contributed by atoms with Gasteiger partial charge in [0.05, 0.1) is 5.92 Å². The number of piperidine rings is 1. The molecule has 1 fully saturated rings. The van der Waals surface area contributed by atoms with Gasteiger partial charge in [-0.15, -0.1) is 11.8 Å². The van der Waals surface area contributed by atoms with Crippen LogP contribution < -0.4 is 0 Å². The molecule has 2 unspecified atom stereocenters. The summed E-state index contributed by atoms with van der Waals surface area (Å²) in [5.74, 6) is -0.557. The molecule has 5 heteroatoms. The molecule has 2 atom stereocenters. The van der Waals surface area contributed by atoms with Crippen LogP contribution in [0.1, 0.15) is 32.8 Å². The molecule has 22 heavy (non-hydrogen) atoms. The molecule has 1 heterocycles. The number of rotatable bonds is 5. The molecule has 1 aliphatic rings. The second kappa shape index (κ2) is 7.71. The van der Waals surface area contributed by atoms with Crippen LogP contribution in [0, 0.1) is 11.8 Å². The third kappa shape index (κ3) is 4.64. The van der Waals surface area contributed by atoms with Gasteiger partial charge in [0.2, 0.25) is 0 Å². The van der Waals surface area contributed by atoms with Crippen molar-refractivity contribution in [1.29, 1.82) is 0 Å². The van der Waals surface area contributed by atoms with Crippen LogP contribution in [0.25, 0.3) is 0 Å². The number of carboxylic acid groups (broad SMARTS) is 1. The Balaban J connectivity index is 2.17. The van der Waals surface area contributed by atoms with E-state index in [1.165, 1.54) is 4.90 Å². The molecule has 1 aromatic rings. The van der Waals surface area contributed by atoms with E-state index in [1.54, 1.807) is 0 Å². The Kier molecular flexibility index (Phi) is 6.18. The lowest BCUT2D eigenvalue weighted by atomic mass is 9.90. The number of nitrogens with zero attached hydrogens (tertiary/aromatic N) is 1. The molecule has 0 aromatic heterocycles. The Bertz CT molecular complexity index is 535. The van der Waals surface area contributed by atoms with E-state index in [1.807, 2.05) is 23.9 Å². The van der Waals surface area contributed by atoms with Crippen molar-refractivity contribution in [2.45, 2.75) is 43.9 Å². The van der Waals surface area contributed by atoms with Crippen LogP contribution in [0.4, 0.5) is 0 Å². The number of hydrogen-bond donors (Lipinski definition) is 1. The highest BCUT2D eigenvalue weighted by atomic mass is 35.5. The summed E-state index contributed by atoms with van der Waals surface area (Å²) in [5, 5.41) is 10.6. The summed E-state index contributed by atoms with van der Waals surface area (Å²) in [6, 6.07) is 6.01. The third-order valence-corrected chi connectivity index (χ3v) is 5.37. The zero-order chi connectivity index (χ0) is 16.3. The molecule has 1 aliphatic heterocycles. The number of aliphatic carboxylic acids is 1. The minimum absolute atomic E-state index is 0.271. The minimum Gasteiger partial charge on any atom is -0.481 e. The smallest absolute Gasteiger partial charge is 0.307 e. The lowest BCUT2D eigenvalue weighted by Gasteiger charge is -2.35. The van der Waals surface area contributed by atoms with E-state index in [0.29, 0.717) is 17.7 Å². The van der Waals surface area contributed by atoms with Crippen LogP contribution in [0.15, 0.2) is 23.1 Å². The lowest BCUT2D eigenvalue weighted by molar-refractivity contribution is -0.144. The summed E-state index contributed by atoms with van der Waals surface area (Å²) in [7, 11) is 0. The summed E-state index contributed by atoms with van der Waals surface area (Å²) in [6.07, 6.45) is 0.766. The maximum absolute atomic E-state index is 11.3. The van der Waals surface area contributed by atoms with Crippen molar-refractivity contribution >= 4 is 29.3 Å². The van der Waals surface area contributed by atoms with E-state index in [0.717, 1.165) is 30.1 Å². The molecule has 0 bridgehead atoms. The van der Waals surface area contributed by atoms with Gasteiger partial charge < -0.3 is 5.11 Å². The van der Waals surface area contributed by atoms with Crippen molar-refractivity contribution in [2.75, 3.05) is 13.1 Å². The quantitative estimate of drug-likeness (QED) is 0.807. The van der Waals surface area contributed by atoms with Gasteiger partial charge in [-0.05, 0) is 30.0 Å². The molecule has 0 aliphatic carbocycles. The summed E-state index contributed by atoms with van der Waals surface area (Å²) in [4.78, 5) is 14.8. The van der Waals surface area contributed by atoms with E-state index in [4.69, 9.17) is 11.6 Å². The standard InChI is InChI=1S/C17H24ClNO2S/c1-11(2)22-16-6-4-5-15(18)14(16)10-19-8-12(3)7-13(9-19)17(20)21/h4-6,11-13H,7-10H2,1-3H3,(H,20,21). The Labute approximate surface area is 142 Å². The van der Waals surface area contributed by atoms with Crippen molar-refractivity contribution < 1.29 is 9.90 Å². The number of carboxylic acids is 1. The van der Waals surface area contributed by atoms with Crippen molar-refractivity contribution in [3.05, 3.63) is 28.8 Å². The predicted molar refractivity (Wildman–Crippen MR) is 92.6 cm³/mol. The second-order valence-corrected chi connectivity index (χ2v) is 8.48. The average molecular weight is 342 g/mol. The Hall–Kier alpha value is -0.710. The highest BCUT2D eigenvalue weighted by molar-refractivity contribution is 8.00. The maximum atomic E-state index is 11.3. The van der Waals surface area contributed by atoms with Gasteiger partial charge >= 0.3 is 5.97 Å². The van der Waals surface area contributed by atoms with Crippen molar-refractivity contribution in [3.8, 4) is 0 Å². The molecule has 0 spiro atoms. The fraction of sp³-hybridized carbons (Fsp3) is 0.588. The summed E-state index contributed by atoms with van der Waals surface area (Å²) in [6.45, 7) is 8.72. The minimum atomic E-state index is -0.688. The Morgan fingerprint density at radius 3 is 2.82 bits per heavy atom. The number of benzene rings is 1. The Morgan fingerprint density at radius 1 is 1.45 bits per heavy atom. The van der Waals surface area contributed by atoms with Crippen LogP contribution >= 0.6 is 23.4 Å². The molecule has 1 saturated heterocycles. The molecule has 0 amide bonds. The molecular formula is C17H24ClNO2S. The molecular weight excluding hydrogens is 318 g/mol. The molecule has 2 rings (SSSR count). The van der Waals surface area contributed by atoms with Crippen molar-refractivity contribution in [2.24, 2.45) is 11.8 Å². The first-order chi connectivity index (χ1) is 10.4. The van der Waals surface area contributed by atoms with Crippen LogP contribution in [-0.2, 0) is 11.3 Å². The van der Waals surface area contributed by atoms with Gasteiger partial charge in [0.15, 0.2) is 0 Å². The van der Waals surface area contributed by atoms with Crippen LogP contribution in [0.5, 0.6) is 0 Å². The first-order valence-corrected chi connectivity index (χ1v) is 9.01. The molecule has 1 aromatic carbocycles. The molecule has 0 saturated carbocycles. The van der Waals surface area contributed by atoms with Gasteiger partial charge in [-0.1, -0.05) is 38.4 Å². The van der Waals surface area contributed by atoms with E-state index < -0.39 is 5.97 Å². The summed E-state index contributed by atoms with van der Waals surface area (Å²) < 4.78 is 0. The van der Waals surface area contributed by atoms with Crippen LogP contribution in [0.2, 0.25) is 5.02 Å². The number of thioether (sulfide) groups is 1. The zero-order valence-corrected chi connectivity index (χ0v) is 15.0. The topological polar surface area (TPSA) is 40.5 Å². The lowest BCUT2D eigenvalue weighted by Crippen LogP contribution is -2.42. The van der Waals surface area contributed by atoms with E-state index in [2.05, 4.69) is 31.7 Å². The third-order valence-electron chi connectivity index (χ3n) is 3.90. The first-order valence-electron chi connectivity index (χ1n) is 7.76. The first kappa shape index (κ1) is 17.6. The van der Waals surface area contributed by atoms with Gasteiger partial charge in [-0.25, -0.2) is 0 Å². The monoisotopic (exact) mass is 341 g/mol. The van der Waals surface area contributed by atoms with Gasteiger partial charge in [0, 0.05) is 34.8 Å². The highest BCUT2D eigenvalue weighted by Gasteiger charge is 2.30. The predicted octanol–water partition coefficient (Wildman–Crippen LogP) is 4.38. The fourth-order valence-electron chi connectivity index (χ4n) is 3.05.